The fraction of sp³-hybridized carbons (Fsp3) is 0.619. The van der Waals surface area contributed by atoms with Gasteiger partial charge in [0.1, 0.15) is 11.6 Å². The first-order valence-corrected chi connectivity index (χ1v) is 10.3. The topological polar surface area (TPSA) is 52.3 Å². The Hall–Kier alpha value is -2.08. The molecule has 1 aromatic carbocycles. The highest BCUT2D eigenvalue weighted by Crippen LogP contribution is 2.30. The zero-order valence-corrected chi connectivity index (χ0v) is 16.1. The first-order chi connectivity index (χ1) is 13.2. The predicted molar refractivity (Wildman–Crippen MR) is 103 cm³/mol. The van der Waals surface area contributed by atoms with E-state index in [0.717, 1.165) is 63.5 Å². The number of nitrogens with zero attached hydrogens (tertiary/aromatic N) is 4. The molecule has 0 spiro atoms. The number of ether oxygens (including phenoxy) is 1. The molecule has 0 saturated heterocycles. The van der Waals surface area contributed by atoms with Crippen LogP contribution in [0.3, 0.4) is 0 Å². The number of hydrogen-bond acceptors (Lipinski definition) is 4. The molecule has 5 rings (SSSR count). The molecular weight excluding hydrogens is 340 g/mol. The van der Waals surface area contributed by atoms with Crippen LogP contribution in [-0.2, 0) is 32.5 Å². The third-order valence-electron chi connectivity index (χ3n) is 6.32. The number of benzene rings is 1. The fourth-order valence-corrected chi connectivity index (χ4v) is 4.47. The van der Waals surface area contributed by atoms with Crippen molar-refractivity contribution in [2.24, 2.45) is 5.92 Å². The lowest BCUT2D eigenvalue weighted by Gasteiger charge is -2.27. The summed E-state index contributed by atoms with van der Waals surface area (Å²) in [5.41, 5.74) is 2.77. The van der Waals surface area contributed by atoms with Crippen molar-refractivity contribution < 1.29 is 4.74 Å². The molecule has 3 aliphatic rings. The van der Waals surface area contributed by atoms with Gasteiger partial charge in [-0.2, -0.15) is 5.10 Å². The molecule has 1 fully saturated rings. The van der Waals surface area contributed by atoms with Crippen LogP contribution in [0.2, 0.25) is 0 Å². The molecule has 6 heteroatoms. The number of fused-ring (bicyclic) bond motifs is 2. The van der Waals surface area contributed by atoms with Crippen molar-refractivity contribution in [3.63, 3.8) is 0 Å². The molecule has 3 heterocycles. The summed E-state index contributed by atoms with van der Waals surface area (Å²) in [4.78, 5) is 15.1. The maximum absolute atomic E-state index is 12.6. The maximum atomic E-state index is 12.6. The van der Waals surface area contributed by atoms with Crippen LogP contribution in [0.1, 0.15) is 42.6 Å². The molecule has 0 amide bonds. The van der Waals surface area contributed by atoms with Gasteiger partial charge in [0, 0.05) is 38.5 Å². The van der Waals surface area contributed by atoms with Gasteiger partial charge in [-0.1, -0.05) is 12.1 Å². The number of aromatic nitrogens is 3. The summed E-state index contributed by atoms with van der Waals surface area (Å²) >= 11 is 0. The Kier molecular flexibility index (Phi) is 4.31. The van der Waals surface area contributed by atoms with Crippen LogP contribution >= 0.6 is 0 Å². The second-order valence-corrected chi connectivity index (χ2v) is 8.41. The van der Waals surface area contributed by atoms with Gasteiger partial charge >= 0.3 is 5.69 Å². The van der Waals surface area contributed by atoms with Crippen LogP contribution < -0.4 is 10.4 Å². The molecule has 1 atom stereocenters. The van der Waals surface area contributed by atoms with Crippen LogP contribution in [0.4, 0.5) is 0 Å². The maximum Gasteiger partial charge on any atom is 0.345 e. The summed E-state index contributed by atoms with van der Waals surface area (Å²) in [6.07, 6.45) is 6.47. The van der Waals surface area contributed by atoms with E-state index in [-0.39, 0.29) is 5.69 Å². The third kappa shape index (κ3) is 3.43. The highest BCUT2D eigenvalue weighted by atomic mass is 16.5. The van der Waals surface area contributed by atoms with E-state index in [9.17, 15) is 4.79 Å². The number of hydrogen-bond donors (Lipinski definition) is 0. The normalized spacial score (nSPS) is 21.6. The van der Waals surface area contributed by atoms with Gasteiger partial charge < -0.3 is 4.74 Å². The van der Waals surface area contributed by atoms with Crippen molar-refractivity contribution in [3.8, 4) is 5.75 Å². The van der Waals surface area contributed by atoms with Crippen LogP contribution in [0.25, 0.3) is 0 Å². The van der Waals surface area contributed by atoms with E-state index in [1.807, 2.05) is 4.57 Å². The lowest BCUT2D eigenvalue weighted by Crippen LogP contribution is -2.33. The largest absolute Gasteiger partial charge is 0.493 e. The quantitative estimate of drug-likeness (QED) is 0.812. The standard InChI is InChI=1S/C21H28N4O2/c1-23(13-16-4-6-19-17(12-16)9-11-27-19)18-5-7-20-22-25(14-15-2-3-15)21(26)24(20)10-8-18/h4,6,12,15,18H,2-3,5,7-11,13-14H2,1H3. The summed E-state index contributed by atoms with van der Waals surface area (Å²) < 4.78 is 9.24. The molecule has 27 heavy (non-hydrogen) atoms. The Morgan fingerprint density at radius 3 is 2.96 bits per heavy atom. The van der Waals surface area contributed by atoms with Gasteiger partial charge in [0.25, 0.3) is 0 Å². The zero-order chi connectivity index (χ0) is 18.4. The molecule has 0 bridgehead atoms. The molecule has 0 radical (unpaired) electrons. The highest BCUT2D eigenvalue weighted by Gasteiger charge is 2.27. The molecule has 0 N–H and O–H groups in total. The van der Waals surface area contributed by atoms with Gasteiger partial charge in [-0.05, 0) is 55.8 Å². The molecule has 1 saturated carbocycles. The second-order valence-electron chi connectivity index (χ2n) is 8.41. The van der Waals surface area contributed by atoms with E-state index in [4.69, 9.17) is 4.74 Å². The van der Waals surface area contributed by atoms with Gasteiger partial charge in [-0.3, -0.25) is 9.47 Å². The Morgan fingerprint density at radius 2 is 2.11 bits per heavy atom. The average molecular weight is 368 g/mol. The minimum atomic E-state index is 0.0961. The van der Waals surface area contributed by atoms with Gasteiger partial charge in [0.15, 0.2) is 0 Å². The third-order valence-corrected chi connectivity index (χ3v) is 6.32. The lowest BCUT2D eigenvalue weighted by atomic mass is 10.0. The molecule has 6 nitrogen and oxygen atoms in total. The smallest absolute Gasteiger partial charge is 0.345 e. The van der Waals surface area contributed by atoms with E-state index < -0.39 is 0 Å². The molecule has 144 valence electrons. The zero-order valence-electron chi connectivity index (χ0n) is 16.1. The summed E-state index contributed by atoms with van der Waals surface area (Å²) in [6.45, 7) is 3.34. The second kappa shape index (κ2) is 6.82. The van der Waals surface area contributed by atoms with E-state index >= 15 is 0 Å². The van der Waals surface area contributed by atoms with Crippen molar-refractivity contribution in [1.29, 1.82) is 0 Å². The Labute approximate surface area is 159 Å². The molecule has 1 aliphatic carbocycles. The van der Waals surface area contributed by atoms with E-state index in [1.54, 1.807) is 4.68 Å². The average Bonchev–Trinajstić information content (AvgIpc) is 3.33. The van der Waals surface area contributed by atoms with Gasteiger partial charge in [0.2, 0.25) is 0 Å². The Morgan fingerprint density at radius 1 is 1.22 bits per heavy atom. The van der Waals surface area contributed by atoms with Gasteiger partial charge in [-0.25, -0.2) is 9.48 Å². The highest BCUT2D eigenvalue weighted by molar-refractivity contribution is 5.39. The van der Waals surface area contributed by atoms with E-state index in [2.05, 4.69) is 35.2 Å². The van der Waals surface area contributed by atoms with Crippen molar-refractivity contribution >= 4 is 0 Å². The summed E-state index contributed by atoms with van der Waals surface area (Å²) in [5.74, 6) is 2.70. The number of rotatable bonds is 5. The van der Waals surface area contributed by atoms with Crippen LogP contribution in [0.5, 0.6) is 5.75 Å². The van der Waals surface area contributed by atoms with E-state index in [1.165, 1.54) is 24.0 Å². The molecule has 2 aromatic rings. The summed E-state index contributed by atoms with van der Waals surface area (Å²) in [5, 5.41) is 4.64. The minimum absolute atomic E-state index is 0.0961. The summed E-state index contributed by atoms with van der Waals surface area (Å²) in [7, 11) is 2.20. The molecular formula is C21H28N4O2. The van der Waals surface area contributed by atoms with Crippen LogP contribution in [-0.4, -0.2) is 38.9 Å². The fourth-order valence-electron chi connectivity index (χ4n) is 4.47. The van der Waals surface area contributed by atoms with Gasteiger partial charge in [0.05, 0.1) is 6.61 Å². The molecule has 2 aliphatic heterocycles. The van der Waals surface area contributed by atoms with Crippen molar-refractivity contribution in [1.82, 2.24) is 19.2 Å². The van der Waals surface area contributed by atoms with Crippen molar-refractivity contribution in [2.75, 3.05) is 13.7 Å². The van der Waals surface area contributed by atoms with Crippen molar-refractivity contribution in [3.05, 3.63) is 45.6 Å². The van der Waals surface area contributed by atoms with Gasteiger partial charge in [-0.15, -0.1) is 0 Å². The monoisotopic (exact) mass is 368 g/mol. The minimum Gasteiger partial charge on any atom is -0.493 e. The SMILES string of the molecule is CN(Cc1ccc2c(c1)CCO2)C1CCc2nn(CC3CC3)c(=O)n2CC1. The number of aryl methyl sites for hydroxylation is 1. The van der Waals surface area contributed by atoms with Crippen LogP contribution in [0, 0.1) is 5.92 Å². The molecule has 1 aromatic heterocycles. The summed E-state index contributed by atoms with van der Waals surface area (Å²) in [6, 6.07) is 7.06. The first-order valence-electron chi connectivity index (χ1n) is 10.3. The van der Waals surface area contributed by atoms with E-state index in [0.29, 0.717) is 12.0 Å². The Balaban J connectivity index is 1.24. The van der Waals surface area contributed by atoms with Crippen LogP contribution in [0.15, 0.2) is 23.0 Å². The Bertz CT molecular complexity index is 896. The predicted octanol–water partition coefficient (Wildman–Crippen LogP) is 2.23. The molecule has 1 unspecified atom stereocenters. The lowest BCUT2D eigenvalue weighted by molar-refractivity contribution is 0.210. The first kappa shape index (κ1) is 17.0. The van der Waals surface area contributed by atoms with Crippen molar-refractivity contribution in [2.45, 2.75) is 64.2 Å².